The Labute approximate surface area is 225 Å². The van der Waals surface area contributed by atoms with E-state index >= 15 is 0 Å². The zero-order chi connectivity index (χ0) is 26.8. The number of aliphatic imine (C=N–C) groups is 2. The van der Waals surface area contributed by atoms with Crippen molar-refractivity contribution in [1.29, 1.82) is 0 Å². The van der Waals surface area contributed by atoms with Gasteiger partial charge in [-0.3, -0.25) is 9.79 Å². The zero-order valence-electron chi connectivity index (χ0n) is 22.0. The Morgan fingerprint density at radius 2 is 1.42 bits per heavy atom. The van der Waals surface area contributed by atoms with Crippen molar-refractivity contribution in [2.24, 2.45) is 9.98 Å². The molecule has 5 N–H and O–H groups in total. The van der Waals surface area contributed by atoms with E-state index in [1.807, 2.05) is 67.6 Å². The van der Waals surface area contributed by atoms with E-state index in [1.165, 1.54) is 0 Å². The van der Waals surface area contributed by atoms with Gasteiger partial charge in [0.05, 0.1) is 5.84 Å². The Hall–Kier alpha value is -4.33. The van der Waals surface area contributed by atoms with Gasteiger partial charge in [0, 0.05) is 30.0 Å². The molecule has 200 valence electrons. The van der Waals surface area contributed by atoms with Crippen LogP contribution in [0.2, 0.25) is 0 Å². The van der Waals surface area contributed by atoms with Crippen LogP contribution >= 0.6 is 0 Å². The normalized spacial score (nSPS) is 11.6. The third-order valence-electron chi connectivity index (χ3n) is 5.73. The first-order chi connectivity index (χ1) is 18.6. The number of carbonyl (C=O) groups excluding carboxylic acids is 1. The number of rotatable bonds is 13. The van der Waals surface area contributed by atoms with E-state index in [1.54, 1.807) is 24.3 Å². The van der Waals surface area contributed by atoms with Gasteiger partial charge in [0.2, 0.25) is 5.96 Å². The summed E-state index contributed by atoms with van der Waals surface area (Å²) in [5.74, 6) is 1.54. The fourth-order valence-corrected chi connectivity index (χ4v) is 3.68. The molecule has 8 heteroatoms. The molecule has 0 spiro atoms. The quantitative estimate of drug-likeness (QED) is 0.0880. The van der Waals surface area contributed by atoms with Gasteiger partial charge in [-0.15, -0.1) is 0 Å². The van der Waals surface area contributed by atoms with Crippen molar-refractivity contribution >= 4 is 29.1 Å². The van der Waals surface area contributed by atoms with Gasteiger partial charge in [0.1, 0.15) is 12.4 Å². The third-order valence-corrected chi connectivity index (χ3v) is 5.73. The SMILES string of the molecule is CC(=NCCCCCCCNC(=O)c1ccccc1)N/C(=N\CNc1ccccc1)Nc1ccc(O)cc1. The van der Waals surface area contributed by atoms with Crippen LogP contribution in [0.15, 0.2) is 94.9 Å². The molecule has 0 radical (unpaired) electrons. The lowest BCUT2D eigenvalue weighted by Crippen LogP contribution is -2.35. The predicted molar refractivity (Wildman–Crippen MR) is 157 cm³/mol. The van der Waals surface area contributed by atoms with E-state index < -0.39 is 0 Å². The topological polar surface area (TPSA) is 110 Å². The molecule has 0 aliphatic heterocycles. The lowest BCUT2D eigenvalue weighted by Gasteiger charge is -2.13. The molecule has 0 aliphatic carbocycles. The summed E-state index contributed by atoms with van der Waals surface area (Å²) < 4.78 is 0. The first kappa shape index (κ1) is 28.2. The maximum Gasteiger partial charge on any atom is 0.251 e. The highest BCUT2D eigenvalue weighted by atomic mass is 16.3. The molecule has 0 atom stereocenters. The Kier molecular flexibility index (Phi) is 12.2. The van der Waals surface area contributed by atoms with Gasteiger partial charge in [-0.25, -0.2) is 4.99 Å². The molecule has 0 fully saturated rings. The highest BCUT2D eigenvalue weighted by Crippen LogP contribution is 2.13. The fourth-order valence-electron chi connectivity index (χ4n) is 3.68. The summed E-state index contributed by atoms with van der Waals surface area (Å²) in [6.45, 7) is 3.74. The lowest BCUT2D eigenvalue weighted by molar-refractivity contribution is 0.0953. The summed E-state index contributed by atoms with van der Waals surface area (Å²) in [7, 11) is 0. The molecule has 8 nitrogen and oxygen atoms in total. The second-order valence-corrected chi connectivity index (χ2v) is 8.86. The standard InChI is InChI=1S/C30H38N6O2/c1-24(31-21-11-3-2-4-12-22-32-29(38)25-13-7-5-8-14-25)35-30(36-27-17-19-28(37)20-18-27)34-23-33-26-15-9-6-10-16-26/h5-10,13-20,33,37H,2-4,11-12,21-23H2,1H3,(H,32,38)(H2,31,34,35,36). The molecule has 0 heterocycles. The number of hydrogen-bond acceptors (Lipinski definition) is 5. The molecule has 38 heavy (non-hydrogen) atoms. The molecule has 0 bridgehead atoms. The van der Waals surface area contributed by atoms with Crippen LogP contribution < -0.4 is 21.3 Å². The van der Waals surface area contributed by atoms with Gasteiger partial charge >= 0.3 is 0 Å². The number of nitrogens with zero attached hydrogens (tertiary/aromatic N) is 2. The second-order valence-electron chi connectivity index (χ2n) is 8.86. The van der Waals surface area contributed by atoms with Crippen LogP contribution in [0.5, 0.6) is 5.75 Å². The summed E-state index contributed by atoms with van der Waals surface area (Å²) in [5, 5.41) is 22.3. The van der Waals surface area contributed by atoms with Gasteiger partial charge in [-0.1, -0.05) is 55.7 Å². The molecule has 0 aromatic heterocycles. The van der Waals surface area contributed by atoms with Gasteiger partial charge in [0.15, 0.2) is 0 Å². The number of carbonyl (C=O) groups is 1. The van der Waals surface area contributed by atoms with Crippen molar-refractivity contribution < 1.29 is 9.90 Å². The number of benzene rings is 3. The molecule has 0 aliphatic rings. The average Bonchev–Trinajstić information content (AvgIpc) is 2.94. The van der Waals surface area contributed by atoms with Gasteiger partial charge in [0.25, 0.3) is 5.91 Å². The number of amidine groups is 1. The van der Waals surface area contributed by atoms with Gasteiger partial charge < -0.3 is 26.4 Å². The van der Waals surface area contributed by atoms with E-state index in [-0.39, 0.29) is 11.7 Å². The largest absolute Gasteiger partial charge is 0.508 e. The number of phenols is 1. The van der Waals surface area contributed by atoms with Gasteiger partial charge in [-0.05, 0) is 68.3 Å². The van der Waals surface area contributed by atoms with E-state index in [2.05, 4.69) is 31.3 Å². The van der Waals surface area contributed by atoms with Crippen LogP contribution in [0, 0.1) is 0 Å². The van der Waals surface area contributed by atoms with E-state index in [4.69, 9.17) is 0 Å². The van der Waals surface area contributed by atoms with E-state index in [0.717, 1.165) is 55.9 Å². The first-order valence-corrected chi connectivity index (χ1v) is 13.1. The van der Waals surface area contributed by atoms with Crippen molar-refractivity contribution in [2.45, 2.75) is 39.0 Å². The predicted octanol–water partition coefficient (Wildman–Crippen LogP) is 5.62. The zero-order valence-corrected chi connectivity index (χ0v) is 22.0. The number of aromatic hydroxyl groups is 1. The molecular weight excluding hydrogens is 476 g/mol. The summed E-state index contributed by atoms with van der Waals surface area (Å²) in [5.41, 5.74) is 2.50. The Balaban J connectivity index is 1.36. The number of unbranched alkanes of at least 4 members (excludes halogenated alkanes) is 4. The monoisotopic (exact) mass is 514 g/mol. The molecule has 0 saturated carbocycles. The summed E-state index contributed by atoms with van der Waals surface area (Å²) in [4.78, 5) is 21.3. The maximum atomic E-state index is 12.0. The van der Waals surface area contributed by atoms with Crippen LogP contribution in [-0.4, -0.2) is 42.6 Å². The maximum absolute atomic E-state index is 12.0. The molecule has 3 aromatic carbocycles. The minimum Gasteiger partial charge on any atom is -0.508 e. The third kappa shape index (κ3) is 11.2. The number of nitrogens with one attached hydrogen (secondary N) is 4. The number of guanidine groups is 1. The summed E-state index contributed by atoms with van der Waals surface area (Å²) in [6.07, 6.45) is 5.27. The van der Waals surface area contributed by atoms with Crippen LogP contribution in [0.25, 0.3) is 0 Å². The summed E-state index contributed by atoms with van der Waals surface area (Å²) in [6, 6.07) is 26.0. The lowest BCUT2D eigenvalue weighted by atomic mass is 10.1. The highest BCUT2D eigenvalue weighted by Gasteiger charge is 2.04. The minimum absolute atomic E-state index is 0.0124. The van der Waals surface area contributed by atoms with Crippen molar-refractivity contribution in [3.05, 3.63) is 90.5 Å². The second kappa shape index (κ2) is 16.4. The Bertz CT molecular complexity index is 1150. The average molecular weight is 515 g/mol. The molecule has 3 rings (SSSR count). The minimum atomic E-state index is -0.0124. The van der Waals surface area contributed by atoms with Crippen molar-refractivity contribution in [2.75, 3.05) is 30.4 Å². The van der Waals surface area contributed by atoms with Crippen LogP contribution in [0.1, 0.15) is 49.4 Å². The van der Waals surface area contributed by atoms with Crippen molar-refractivity contribution in [1.82, 2.24) is 10.6 Å². The molecule has 0 saturated heterocycles. The number of hydrogen-bond donors (Lipinski definition) is 5. The Morgan fingerprint density at radius 3 is 2.16 bits per heavy atom. The summed E-state index contributed by atoms with van der Waals surface area (Å²) >= 11 is 0. The fraction of sp³-hybridized carbons (Fsp3) is 0.300. The number of anilines is 2. The molecule has 1 amide bonds. The van der Waals surface area contributed by atoms with Crippen molar-refractivity contribution in [3.8, 4) is 5.75 Å². The smallest absolute Gasteiger partial charge is 0.251 e. The first-order valence-electron chi connectivity index (χ1n) is 13.1. The number of para-hydroxylation sites is 1. The van der Waals surface area contributed by atoms with Gasteiger partial charge in [-0.2, -0.15) is 0 Å². The van der Waals surface area contributed by atoms with Crippen LogP contribution in [0.4, 0.5) is 11.4 Å². The molecule has 0 unspecified atom stereocenters. The number of amides is 1. The Morgan fingerprint density at radius 1 is 0.763 bits per heavy atom. The van der Waals surface area contributed by atoms with Crippen molar-refractivity contribution in [3.63, 3.8) is 0 Å². The highest BCUT2D eigenvalue weighted by molar-refractivity contribution is 6.05. The van der Waals surface area contributed by atoms with E-state index in [9.17, 15) is 9.90 Å². The number of phenolic OH excluding ortho intramolecular Hbond substituents is 1. The molecule has 3 aromatic rings. The molecular formula is C30H38N6O2. The van der Waals surface area contributed by atoms with Crippen LogP contribution in [-0.2, 0) is 0 Å². The van der Waals surface area contributed by atoms with E-state index in [0.29, 0.717) is 24.7 Å². The van der Waals surface area contributed by atoms with Crippen LogP contribution in [0.3, 0.4) is 0 Å².